The molecule has 2 rings (SSSR count). The van der Waals surface area contributed by atoms with Gasteiger partial charge in [-0.25, -0.2) is 12.8 Å². The number of sulfonamides is 1. The van der Waals surface area contributed by atoms with Crippen molar-refractivity contribution in [1.82, 2.24) is 9.62 Å². The maximum Gasteiger partial charge on any atom is 0.243 e. The minimum atomic E-state index is -3.93. The van der Waals surface area contributed by atoms with Gasteiger partial charge in [0.2, 0.25) is 15.9 Å². The van der Waals surface area contributed by atoms with E-state index < -0.39 is 21.9 Å². The van der Waals surface area contributed by atoms with Gasteiger partial charge in [-0.05, 0) is 24.6 Å². The predicted octanol–water partition coefficient (Wildman–Crippen LogP) is 0.733. The van der Waals surface area contributed by atoms with Crippen molar-refractivity contribution < 1.29 is 22.3 Å². The SMILES string of the molecule is CCC1C(=O)NCCN1S(=O)(=O)c1ccc(OC)c(F)c1. The summed E-state index contributed by atoms with van der Waals surface area (Å²) in [5, 5.41) is 2.63. The van der Waals surface area contributed by atoms with Crippen LogP contribution >= 0.6 is 0 Å². The second-order valence-corrected chi connectivity index (χ2v) is 6.52. The van der Waals surface area contributed by atoms with E-state index in [0.717, 1.165) is 10.4 Å². The number of nitrogens with zero attached hydrogens (tertiary/aromatic N) is 1. The Morgan fingerprint density at radius 2 is 2.19 bits per heavy atom. The smallest absolute Gasteiger partial charge is 0.243 e. The van der Waals surface area contributed by atoms with Crippen molar-refractivity contribution in [2.24, 2.45) is 0 Å². The molecule has 0 spiro atoms. The zero-order valence-corrected chi connectivity index (χ0v) is 12.6. The van der Waals surface area contributed by atoms with E-state index in [1.54, 1.807) is 6.92 Å². The lowest BCUT2D eigenvalue weighted by Crippen LogP contribution is -2.56. The molecule has 1 unspecified atom stereocenters. The highest BCUT2D eigenvalue weighted by molar-refractivity contribution is 7.89. The van der Waals surface area contributed by atoms with Crippen LogP contribution < -0.4 is 10.1 Å². The third-order valence-corrected chi connectivity index (χ3v) is 5.30. The standard InChI is InChI=1S/C13H17FN2O4S/c1-3-11-13(17)15-6-7-16(11)21(18,19)9-4-5-12(20-2)10(14)8-9/h4-5,8,11H,3,6-7H2,1-2H3,(H,15,17). The number of benzene rings is 1. The molecule has 0 aliphatic carbocycles. The maximum absolute atomic E-state index is 13.7. The largest absolute Gasteiger partial charge is 0.494 e. The molecule has 1 saturated heterocycles. The second-order valence-electron chi connectivity index (χ2n) is 4.63. The Morgan fingerprint density at radius 1 is 1.48 bits per heavy atom. The van der Waals surface area contributed by atoms with Gasteiger partial charge < -0.3 is 10.1 Å². The Morgan fingerprint density at radius 3 is 2.76 bits per heavy atom. The van der Waals surface area contributed by atoms with Gasteiger partial charge in [-0.3, -0.25) is 4.79 Å². The number of amides is 1. The number of halogens is 1. The van der Waals surface area contributed by atoms with Gasteiger partial charge in [0.1, 0.15) is 6.04 Å². The van der Waals surface area contributed by atoms with Crippen LogP contribution in [0.4, 0.5) is 4.39 Å². The van der Waals surface area contributed by atoms with Gasteiger partial charge in [-0.15, -0.1) is 0 Å². The Balaban J connectivity index is 2.41. The first-order valence-electron chi connectivity index (χ1n) is 6.55. The number of piperazine rings is 1. The first-order chi connectivity index (χ1) is 9.91. The minimum absolute atomic E-state index is 0.0302. The molecule has 8 heteroatoms. The van der Waals surface area contributed by atoms with Crippen molar-refractivity contribution in [1.29, 1.82) is 0 Å². The molecule has 1 heterocycles. The molecule has 1 fully saturated rings. The molecule has 1 aliphatic heterocycles. The molecule has 0 bridgehead atoms. The predicted molar refractivity (Wildman–Crippen MR) is 73.9 cm³/mol. The molecule has 1 amide bonds. The molecule has 116 valence electrons. The average molecular weight is 316 g/mol. The lowest BCUT2D eigenvalue weighted by Gasteiger charge is -2.33. The highest BCUT2D eigenvalue weighted by atomic mass is 32.2. The fourth-order valence-corrected chi connectivity index (χ4v) is 3.99. The van der Waals surface area contributed by atoms with Crippen LogP contribution in [0.2, 0.25) is 0 Å². The van der Waals surface area contributed by atoms with Gasteiger partial charge in [0.05, 0.1) is 12.0 Å². The number of methoxy groups -OCH3 is 1. The molecule has 1 aromatic carbocycles. The molecule has 1 atom stereocenters. The lowest BCUT2D eigenvalue weighted by molar-refractivity contribution is -0.126. The van der Waals surface area contributed by atoms with E-state index in [0.29, 0.717) is 6.42 Å². The Labute approximate surface area is 122 Å². The fourth-order valence-electron chi connectivity index (χ4n) is 2.31. The summed E-state index contributed by atoms with van der Waals surface area (Å²) < 4.78 is 44.8. The number of hydrogen-bond acceptors (Lipinski definition) is 4. The summed E-state index contributed by atoms with van der Waals surface area (Å²) >= 11 is 0. The highest BCUT2D eigenvalue weighted by Gasteiger charge is 2.37. The van der Waals surface area contributed by atoms with Crippen LogP contribution in [0.3, 0.4) is 0 Å². The average Bonchev–Trinajstić information content (AvgIpc) is 2.46. The van der Waals surface area contributed by atoms with Gasteiger partial charge in [0, 0.05) is 13.1 Å². The molecule has 1 aromatic rings. The molecule has 1 aliphatic rings. The van der Waals surface area contributed by atoms with Crippen molar-refractivity contribution in [3.8, 4) is 5.75 Å². The number of rotatable bonds is 4. The van der Waals surface area contributed by atoms with Gasteiger partial charge in [-0.1, -0.05) is 6.92 Å². The normalized spacial score (nSPS) is 20.1. The Kier molecular flexibility index (Phi) is 4.48. The highest BCUT2D eigenvalue weighted by Crippen LogP contribution is 2.25. The van der Waals surface area contributed by atoms with E-state index in [2.05, 4.69) is 5.32 Å². The van der Waals surface area contributed by atoms with Gasteiger partial charge >= 0.3 is 0 Å². The summed E-state index contributed by atoms with van der Waals surface area (Å²) in [6.07, 6.45) is 0.351. The van der Waals surface area contributed by atoms with Crippen molar-refractivity contribution in [2.45, 2.75) is 24.3 Å². The monoisotopic (exact) mass is 316 g/mol. The summed E-state index contributed by atoms with van der Waals surface area (Å²) in [5.41, 5.74) is 0. The quantitative estimate of drug-likeness (QED) is 0.889. The number of carbonyl (C=O) groups excluding carboxylic acids is 1. The van der Waals surface area contributed by atoms with Gasteiger partial charge in [-0.2, -0.15) is 4.31 Å². The van der Waals surface area contributed by atoms with E-state index in [-0.39, 0.29) is 29.6 Å². The molecule has 0 saturated carbocycles. The number of ether oxygens (including phenoxy) is 1. The van der Waals surface area contributed by atoms with Gasteiger partial charge in [0.15, 0.2) is 11.6 Å². The molecule has 0 radical (unpaired) electrons. The summed E-state index contributed by atoms with van der Waals surface area (Å²) in [6, 6.07) is 2.67. The lowest BCUT2D eigenvalue weighted by atomic mass is 10.2. The first-order valence-corrected chi connectivity index (χ1v) is 7.99. The molecule has 6 nitrogen and oxygen atoms in total. The maximum atomic E-state index is 13.7. The first kappa shape index (κ1) is 15.7. The Bertz CT molecular complexity index is 648. The number of carbonyl (C=O) groups is 1. The van der Waals surface area contributed by atoms with E-state index in [9.17, 15) is 17.6 Å². The molecular formula is C13H17FN2O4S. The van der Waals surface area contributed by atoms with Crippen LogP contribution in [0.5, 0.6) is 5.75 Å². The van der Waals surface area contributed by atoms with Crippen LogP contribution in [0.1, 0.15) is 13.3 Å². The molecule has 21 heavy (non-hydrogen) atoms. The van der Waals surface area contributed by atoms with Crippen LogP contribution in [-0.2, 0) is 14.8 Å². The second kappa shape index (κ2) is 5.98. The van der Waals surface area contributed by atoms with Crippen molar-refractivity contribution in [3.63, 3.8) is 0 Å². The van der Waals surface area contributed by atoms with Gasteiger partial charge in [0.25, 0.3) is 0 Å². The summed E-state index contributed by atoms with van der Waals surface area (Å²) in [4.78, 5) is 11.6. The van der Waals surface area contributed by atoms with E-state index >= 15 is 0 Å². The van der Waals surface area contributed by atoms with Crippen LogP contribution in [0.25, 0.3) is 0 Å². The summed E-state index contributed by atoms with van der Waals surface area (Å²) in [5.74, 6) is -1.12. The van der Waals surface area contributed by atoms with Crippen molar-refractivity contribution in [2.75, 3.05) is 20.2 Å². The summed E-state index contributed by atoms with van der Waals surface area (Å²) in [6.45, 7) is 2.14. The summed E-state index contributed by atoms with van der Waals surface area (Å²) in [7, 11) is -2.63. The van der Waals surface area contributed by atoms with Crippen LogP contribution in [0.15, 0.2) is 23.1 Å². The van der Waals surface area contributed by atoms with Crippen LogP contribution in [-0.4, -0.2) is 44.9 Å². The minimum Gasteiger partial charge on any atom is -0.494 e. The number of hydrogen-bond donors (Lipinski definition) is 1. The molecule has 0 aromatic heterocycles. The zero-order chi connectivity index (χ0) is 15.6. The van der Waals surface area contributed by atoms with Crippen molar-refractivity contribution >= 4 is 15.9 Å². The topological polar surface area (TPSA) is 75.7 Å². The zero-order valence-electron chi connectivity index (χ0n) is 11.8. The van der Waals surface area contributed by atoms with E-state index in [1.165, 1.54) is 19.2 Å². The third kappa shape index (κ3) is 2.86. The fraction of sp³-hybridized carbons (Fsp3) is 0.462. The van der Waals surface area contributed by atoms with Crippen molar-refractivity contribution in [3.05, 3.63) is 24.0 Å². The van der Waals surface area contributed by atoms with E-state index in [1.807, 2.05) is 0 Å². The third-order valence-electron chi connectivity index (χ3n) is 3.40. The molecular weight excluding hydrogens is 299 g/mol. The molecule has 1 N–H and O–H groups in total. The number of nitrogens with one attached hydrogen (secondary N) is 1. The Hall–Kier alpha value is -1.67. The van der Waals surface area contributed by atoms with E-state index in [4.69, 9.17) is 4.74 Å². The van der Waals surface area contributed by atoms with Crippen LogP contribution in [0, 0.1) is 5.82 Å².